The SMILES string of the molecule is COCCC1CN(C2=Nc3ccccc3Nc3cc(C)ccc32)CCN1C. The summed E-state index contributed by atoms with van der Waals surface area (Å²) in [4.78, 5) is 9.99. The zero-order chi connectivity index (χ0) is 18.8. The van der Waals surface area contributed by atoms with Gasteiger partial charge in [-0.2, -0.15) is 0 Å². The molecule has 0 radical (unpaired) electrons. The lowest BCUT2D eigenvalue weighted by Crippen LogP contribution is -2.53. The van der Waals surface area contributed by atoms with Gasteiger partial charge in [0.1, 0.15) is 5.84 Å². The summed E-state index contributed by atoms with van der Waals surface area (Å²) in [5.74, 6) is 1.07. The lowest BCUT2D eigenvalue weighted by atomic mass is 10.0. The van der Waals surface area contributed by atoms with Crippen molar-refractivity contribution in [2.45, 2.75) is 19.4 Å². The Morgan fingerprint density at radius 3 is 2.85 bits per heavy atom. The molecule has 4 rings (SSSR count). The molecule has 2 aromatic carbocycles. The standard InChI is InChI=1S/C22H28N4O/c1-16-8-9-18-21(14-16)23-19-6-4-5-7-20(19)24-22(18)26-12-11-25(2)17(15-26)10-13-27-3/h4-9,14,17,23H,10-13,15H2,1-3H3. The Hall–Kier alpha value is -2.37. The van der Waals surface area contributed by atoms with Crippen molar-refractivity contribution in [1.29, 1.82) is 0 Å². The molecule has 0 amide bonds. The number of nitrogens with zero attached hydrogens (tertiary/aromatic N) is 3. The highest BCUT2D eigenvalue weighted by Gasteiger charge is 2.29. The highest BCUT2D eigenvalue weighted by molar-refractivity contribution is 6.07. The Kier molecular flexibility index (Phi) is 5.14. The summed E-state index contributed by atoms with van der Waals surface area (Å²) >= 11 is 0. The molecule has 142 valence electrons. The van der Waals surface area contributed by atoms with E-state index in [4.69, 9.17) is 9.73 Å². The van der Waals surface area contributed by atoms with E-state index in [0.717, 1.165) is 55.6 Å². The molecule has 0 aliphatic carbocycles. The number of amidine groups is 1. The molecule has 1 fully saturated rings. The van der Waals surface area contributed by atoms with Gasteiger partial charge in [-0.25, -0.2) is 4.99 Å². The number of aliphatic imine (C=N–C) groups is 1. The smallest absolute Gasteiger partial charge is 0.138 e. The molecule has 5 heteroatoms. The topological polar surface area (TPSA) is 40.1 Å². The van der Waals surface area contributed by atoms with Crippen LogP contribution in [0.4, 0.5) is 17.1 Å². The van der Waals surface area contributed by atoms with E-state index in [-0.39, 0.29) is 0 Å². The maximum Gasteiger partial charge on any atom is 0.138 e. The van der Waals surface area contributed by atoms with E-state index in [1.54, 1.807) is 7.11 Å². The molecule has 0 aromatic heterocycles. The largest absolute Gasteiger partial charge is 0.385 e. The van der Waals surface area contributed by atoms with Crippen molar-refractivity contribution < 1.29 is 4.74 Å². The van der Waals surface area contributed by atoms with Crippen molar-refractivity contribution in [3.63, 3.8) is 0 Å². The van der Waals surface area contributed by atoms with Crippen LogP contribution in [0.5, 0.6) is 0 Å². The van der Waals surface area contributed by atoms with E-state index in [2.05, 4.69) is 65.5 Å². The number of benzene rings is 2. The number of anilines is 2. The van der Waals surface area contributed by atoms with Crippen LogP contribution in [0.3, 0.4) is 0 Å². The van der Waals surface area contributed by atoms with Crippen molar-refractivity contribution in [2.75, 3.05) is 45.7 Å². The van der Waals surface area contributed by atoms with Crippen molar-refractivity contribution in [1.82, 2.24) is 9.80 Å². The minimum absolute atomic E-state index is 0.474. The first-order valence-corrected chi connectivity index (χ1v) is 9.65. The Labute approximate surface area is 161 Å². The molecular formula is C22H28N4O. The van der Waals surface area contributed by atoms with Gasteiger partial charge in [-0.3, -0.25) is 4.90 Å². The van der Waals surface area contributed by atoms with Gasteiger partial charge in [-0.1, -0.05) is 18.2 Å². The van der Waals surface area contributed by atoms with E-state index < -0.39 is 0 Å². The number of para-hydroxylation sites is 2. The number of methoxy groups -OCH3 is 1. The summed E-state index contributed by atoms with van der Waals surface area (Å²) in [6.07, 6.45) is 1.03. The molecule has 0 saturated carbocycles. The number of fused-ring (bicyclic) bond motifs is 2. The van der Waals surface area contributed by atoms with E-state index in [1.807, 2.05) is 6.07 Å². The third kappa shape index (κ3) is 3.70. The van der Waals surface area contributed by atoms with E-state index in [9.17, 15) is 0 Å². The highest BCUT2D eigenvalue weighted by Crippen LogP contribution is 2.35. The number of piperazine rings is 1. The normalized spacial score (nSPS) is 19.6. The number of rotatable bonds is 3. The number of nitrogens with one attached hydrogen (secondary N) is 1. The number of hydrogen-bond donors (Lipinski definition) is 1. The van der Waals surface area contributed by atoms with Gasteiger partial charge in [0.05, 0.1) is 11.4 Å². The average molecular weight is 364 g/mol. The fourth-order valence-corrected chi connectivity index (χ4v) is 3.90. The molecule has 1 atom stereocenters. The van der Waals surface area contributed by atoms with Crippen molar-refractivity contribution in [3.05, 3.63) is 53.6 Å². The first-order chi connectivity index (χ1) is 13.2. The molecule has 27 heavy (non-hydrogen) atoms. The maximum absolute atomic E-state index is 5.32. The molecule has 2 aromatic rings. The molecule has 5 nitrogen and oxygen atoms in total. The van der Waals surface area contributed by atoms with Crippen molar-refractivity contribution in [2.24, 2.45) is 4.99 Å². The van der Waals surface area contributed by atoms with Crippen LogP contribution in [-0.4, -0.2) is 62.1 Å². The zero-order valence-corrected chi connectivity index (χ0v) is 16.4. The first-order valence-electron chi connectivity index (χ1n) is 9.65. The Morgan fingerprint density at radius 2 is 2.00 bits per heavy atom. The van der Waals surface area contributed by atoms with E-state index in [0.29, 0.717) is 6.04 Å². The Balaban J connectivity index is 1.73. The second kappa shape index (κ2) is 7.71. The predicted octanol–water partition coefficient (Wildman–Crippen LogP) is 3.78. The van der Waals surface area contributed by atoms with Crippen LogP contribution in [0.15, 0.2) is 47.5 Å². The molecule has 2 aliphatic rings. The molecule has 0 bridgehead atoms. The highest BCUT2D eigenvalue weighted by atomic mass is 16.5. The average Bonchev–Trinajstić information content (AvgIpc) is 2.83. The maximum atomic E-state index is 5.32. The van der Waals surface area contributed by atoms with Crippen LogP contribution in [0.25, 0.3) is 0 Å². The first kappa shape index (κ1) is 18.0. The lowest BCUT2D eigenvalue weighted by molar-refractivity contribution is 0.100. The van der Waals surface area contributed by atoms with Crippen LogP contribution in [0.1, 0.15) is 17.5 Å². The summed E-state index contributed by atoms with van der Waals surface area (Å²) in [5, 5.41) is 3.60. The van der Waals surface area contributed by atoms with Crippen LogP contribution in [0, 0.1) is 6.92 Å². The summed E-state index contributed by atoms with van der Waals surface area (Å²) < 4.78 is 5.32. The van der Waals surface area contributed by atoms with Gasteiger partial charge in [0.15, 0.2) is 0 Å². The van der Waals surface area contributed by atoms with Crippen molar-refractivity contribution in [3.8, 4) is 0 Å². The number of ether oxygens (including phenoxy) is 1. The minimum Gasteiger partial charge on any atom is -0.385 e. The number of likely N-dealkylation sites (N-methyl/N-ethyl adjacent to an activating group) is 1. The third-order valence-electron chi connectivity index (χ3n) is 5.55. The number of aryl methyl sites for hydroxylation is 1. The molecule has 1 unspecified atom stereocenters. The molecule has 2 aliphatic heterocycles. The summed E-state index contributed by atoms with van der Waals surface area (Å²) in [6.45, 7) is 5.90. The van der Waals surface area contributed by atoms with E-state index >= 15 is 0 Å². The quantitative estimate of drug-likeness (QED) is 0.900. The fraction of sp³-hybridized carbons (Fsp3) is 0.409. The Bertz CT molecular complexity index is 848. The van der Waals surface area contributed by atoms with Gasteiger partial charge in [0.2, 0.25) is 0 Å². The molecule has 2 heterocycles. The van der Waals surface area contributed by atoms with Gasteiger partial charge in [-0.05, 0) is 50.2 Å². The zero-order valence-electron chi connectivity index (χ0n) is 16.4. The number of hydrogen-bond acceptors (Lipinski definition) is 5. The summed E-state index contributed by atoms with van der Waals surface area (Å²) in [5.41, 5.74) is 5.60. The monoisotopic (exact) mass is 364 g/mol. The Morgan fingerprint density at radius 1 is 1.15 bits per heavy atom. The van der Waals surface area contributed by atoms with Gasteiger partial charge in [-0.15, -0.1) is 0 Å². The minimum atomic E-state index is 0.474. The van der Waals surface area contributed by atoms with Crippen LogP contribution in [0.2, 0.25) is 0 Å². The van der Waals surface area contributed by atoms with Crippen molar-refractivity contribution >= 4 is 22.9 Å². The summed E-state index contributed by atoms with van der Waals surface area (Å²) in [6, 6.07) is 15.3. The van der Waals surface area contributed by atoms with Crippen LogP contribution in [-0.2, 0) is 4.74 Å². The molecular weight excluding hydrogens is 336 g/mol. The van der Waals surface area contributed by atoms with Gasteiger partial charge in [0.25, 0.3) is 0 Å². The molecule has 1 saturated heterocycles. The summed E-state index contributed by atoms with van der Waals surface area (Å²) in [7, 11) is 3.98. The van der Waals surface area contributed by atoms with Gasteiger partial charge >= 0.3 is 0 Å². The van der Waals surface area contributed by atoms with Crippen LogP contribution < -0.4 is 5.32 Å². The van der Waals surface area contributed by atoms with E-state index in [1.165, 1.54) is 11.1 Å². The van der Waals surface area contributed by atoms with Gasteiger partial charge < -0.3 is 15.0 Å². The second-order valence-electron chi connectivity index (χ2n) is 7.49. The third-order valence-corrected chi connectivity index (χ3v) is 5.55. The molecule has 0 spiro atoms. The van der Waals surface area contributed by atoms with Gasteiger partial charge in [0, 0.05) is 50.6 Å². The predicted molar refractivity (Wildman–Crippen MR) is 112 cm³/mol. The second-order valence-corrected chi connectivity index (χ2v) is 7.49. The van der Waals surface area contributed by atoms with Crippen LogP contribution >= 0.6 is 0 Å². The fourth-order valence-electron chi connectivity index (χ4n) is 3.90. The lowest BCUT2D eigenvalue weighted by Gasteiger charge is -2.41. The molecule has 1 N–H and O–H groups in total.